The van der Waals surface area contributed by atoms with Crippen molar-refractivity contribution in [1.82, 2.24) is 10.4 Å². The van der Waals surface area contributed by atoms with Crippen molar-refractivity contribution in [2.45, 2.75) is 6.92 Å². The summed E-state index contributed by atoms with van der Waals surface area (Å²) in [6, 6.07) is 13.3. The Labute approximate surface area is 139 Å². The molecule has 2 rings (SSSR count). The molecule has 5 nitrogen and oxygen atoms in total. The van der Waals surface area contributed by atoms with E-state index in [9.17, 15) is 5.26 Å². The Morgan fingerprint density at radius 3 is 2.68 bits per heavy atom. The van der Waals surface area contributed by atoms with E-state index in [1.54, 1.807) is 18.1 Å². The number of thiocarbonyl (C=S) groups is 1. The van der Waals surface area contributed by atoms with Crippen LogP contribution < -0.4 is 15.8 Å². The Hall–Kier alpha value is -2.36. The maximum Gasteiger partial charge on any atom is 0.189 e. The molecule has 0 amide bonds. The average molecular weight is 332 g/mol. The fourth-order valence-corrected chi connectivity index (χ4v) is 2.38. The summed E-state index contributed by atoms with van der Waals surface area (Å²) in [6.45, 7) is 1.81. The number of aromatic nitrogens is 1. The molecule has 22 heavy (non-hydrogen) atoms. The number of nitriles is 1. The summed E-state index contributed by atoms with van der Waals surface area (Å²) in [5.74, 6) is 0.421. The molecule has 1 aromatic heterocycles. The van der Waals surface area contributed by atoms with Crippen LogP contribution in [0.25, 0.3) is 0 Å². The van der Waals surface area contributed by atoms with E-state index < -0.39 is 0 Å². The van der Waals surface area contributed by atoms with Gasteiger partial charge in [-0.15, -0.1) is 0 Å². The third-order valence-corrected chi connectivity index (χ3v) is 3.28. The Bertz CT molecular complexity index is 727. The molecule has 0 fully saturated rings. The van der Waals surface area contributed by atoms with Crippen LogP contribution in [0.5, 0.6) is 0 Å². The first-order valence-corrected chi connectivity index (χ1v) is 7.23. The highest BCUT2D eigenvalue weighted by Gasteiger charge is 2.14. The van der Waals surface area contributed by atoms with Gasteiger partial charge in [0.05, 0.1) is 5.56 Å². The van der Waals surface area contributed by atoms with Gasteiger partial charge < -0.3 is 5.32 Å². The van der Waals surface area contributed by atoms with Gasteiger partial charge >= 0.3 is 0 Å². The summed E-state index contributed by atoms with van der Waals surface area (Å²) in [6.07, 6.45) is 0. The van der Waals surface area contributed by atoms with Gasteiger partial charge in [-0.3, -0.25) is 10.4 Å². The Morgan fingerprint density at radius 1 is 1.36 bits per heavy atom. The summed E-state index contributed by atoms with van der Waals surface area (Å²) in [7, 11) is 1.72. The van der Waals surface area contributed by atoms with E-state index in [1.807, 2.05) is 37.3 Å². The second kappa shape index (κ2) is 7.07. The number of halogens is 1. The molecule has 0 unspecified atom stereocenters. The van der Waals surface area contributed by atoms with Gasteiger partial charge in [0.15, 0.2) is 10.9 Å². The molecular formula is C15H14ClN5S. The maximum atomic E-state index is 9.27. The molecule has 7 heteroatoms. The van der Waals surface area contributed by atoms with Gasteiger partial charge in [-0.1, -0.05) is 29.8 Å². The normalized spacial score (nSPS) is 9.73. The van der Waals surface area contributed by atoms with Crippen molar-refractivity contribution in [3.05, 3.63) is 52.7 Å². The number of nitrogens with zero attached hydrogens (tertiary/aromatic N) is 3. The van der Waals surface area contributed by atoms with Crippen molar-refractivity contribution in [3.63, 3.8) is 0 Å². The molecule has 112 valence electrons. The predicted octanol–water partition coefficient (Wildman–Crippen LogP) is 3.25. The molecule has 0 spiro atoms. The second-order valence-corrected chi connectivity index (χ2v) is 5.36. The van der Waals surface area contributed by atoms with E-state index in [2.05, 4.69) is 21.8 Å². The minimum atomic E-state index is 0.321. The Morgan fingerprint density at radius 2 is 2.05 bits per heavy atom. The van der Waals surface area contributed by atoms with Gasteiger partial charge in [-0.25, -0.2) is 4.98 Å². The highest BCUT2D eigenvalue weighted by atomic mass is 35.5. The minimum absolute atomic E-state index is 0.321. The van der Waals surface area contributed by atoms with Gasteiger partial charge in [0.2, 0.25) is 0 Å². The number of nitrogens with one attached hydrogen (secondary N) is 2. The minimum Gasteiger partial charge on any atom is -0.331 e. The number of pyridine rings is 1. The lowest BCUT2D eigenvalue weighted by molar-refractivity contribution is 0.860. The number of para-hydroxylation sites is 1. The van der Waals surface area contributed by atoms with Crippen LogP contribution in [0.1, 0.15) is 11.1 Å². The quantitative estimate of drug-likeness (QED) is 0.511. The lowest BCUT2D eigenvalue weighted by Gasteiger charge is -2.23. The molecule has 0 saturated heterocycles. The fraction of sp³-hybridized carbons (Fsp3) is 0.133. The molecule has 0 bridgehead atoms. The van der Waals surface area contributed by atoms with E-state index in [0.29, 0.717) is 21.6 Å². The third kappa shape index (κ3) is 3.85. The molecule has 2 aromatic rings. The lowest BCUT2D eigenvalue weighted by Crippen LogP contribution is -2.42. The molecule has 0 radical (unpaired) electrons. The van der Waals surface area contributed by atoms with Crippen LogP contribution in [0.4, 0.5) is 11.5 Å². The van der Waals surface area contributed by atoms with Crippen LogP contribution in [-0.4, -0.2) is 17.1 Å². The summed E-state index contributed by atoms with van der Waals surface area (Å²) < 4.78 is 0. The van der Waals surface area contributed by atoms with E-state index >= 15 is 0 Å². The fourth-order valence-electron chi connectivity index (χ4n) is 1.88. The van der Waals surface area contributed by atoms with Crippen LogP contribution in [0.2, 0.25) is 5.15 Å². The Balaban J connectivity index is 2.14. The maximum absolute atomic E-state index is 9.27. The van der Waals surface area contributed by atoms with Crippen molar-refractivity contribution >= 4 is 40.4 Å². The second-order valence-electron chi connectivity index (χ2n) is 4.56. The van der Waals surface area contributed by atoms with Gasteiger partial charge in [-0.05, 0) is 42.9 Å². The predicted molar refractivity (Wildman–Crippen MR) is 92.9 cm³/mol. The number of anilines is 2. The highest BCUT2D eigenvalue weighted by molar-refractivity contribution is 7.80. The zero-order valence-electron chi connectivity index (χ0n) is 12.1. The summed E-state index contributed by atoms with van der Waals surface area (Å²) in [5.41, 5.74) is 5.02. The van der Waals surface area contributed by atoms with E-state index in [4.69, 9.17) is 23.8 Å². The SMILES string of the molecule is Cc1cc(Cl)nc(N(C)NC(=S)Nc2ccccc2)c1C#N. The number of hydrogen-bond donors (Lipinski definition) is 2. The molecular weight excluding hydrogens is 318 g/mol. The van der Waals surface area contributed by atoms with Crippen molar-refractivity contribution < 1.29 is 0 Å². The summed E-state index contributed by atoms with van der Waals surface area (Å²) in [5, 5.41) is 14.6. The van der Waals surface area contributed by atoms with Crippen LogP contribution >= 0.6 is 23.8 Å². The Kier molecular flexibility index (Phi) is 5.15. The molecule has 2 N–H and O–H groups in total. The first-order chi connectivity index (χ1) is 10.5. The number of aryl methyl sites for hydroxylation is 1. The zero-order chi connectivity index (χ0) is 16.1. The molecule has 0 aliphatic heterocycles. The first-order valence-electron chi connectivity index (χ1n) is 6.45. The molecule has 1 aromatic carbocycles. The van der Waals surface area contributed by atoms with Crippen LogP contribution in [-0.2, 0) is 0 Å². The lowest BCUT2D eigenvalue weighted by atomic mass is 10.1. The third-order valence-electron chi connectivity index (χ3n) is 2.90. The van der Waals surface area contributed by atoms with Crippen molar-refractivity contribution in [2.24, 2.45) is 0 Å². The van der Waals surface area contributed by atoms with E-state index in [1.165, 1.54) is 0 Å². The summed E-state index contributed by atoms with van der Waals surface area (Å²) >= 11 is 11.2. The number of hydrazine groups is 1. The highest BCUT2D eigenvalue weighted by Crippen LogP contribution is 2.22. The van der Waals surface area contributed by atoms with Crippen LogP contribution in [0, 0.1) is 18.3 Å². The number of benzene rings is 1. The molecule has 0 aliphatic rings. The van der Waals surface area contributed by atoms with E-state index in [-0.39, 0.29) is 0 Å². The standard InChI is InChI=1S/C15H14ClN5S/c1-10-8-13(16)19-14(12(10)9-17)21(2)20-15(22)18-11-6-4-3-5-7-11/h3-8H,1-2H3,(H2,18,20,22). The smallest absolute Gasteiger partial charge is 0.189 e. The van der Waals surface area contributed by atoms with E-state index in [0.717, 1.165) is 11.3 Å². The van der Waals surface area contributed by atoms with Gasteiger partial charge in [0.25, 0.3) is 0 Å². The topological polar surface area (TPSA) is 64.0 Å². The first kappa shape index (κ1) is 16.0. The van der Waals surface area contributed by atoms with Crippen LogP contribution in [0.3, 0.4) is 0 Å². The number of rotatable bonds is 3. The monoisotopic (exact) mass is 331 g/mol. The average Bonchev–Trinajstić information content (AvgIpc) is 2.47. The van der Waals surface area contributed by atoms with Crippen molar-refractivity contribution in [3.8, 4) is 6.07 Å². The molecule has 0 aliphatic carbocycles. The van der Waals surface area contributed by atoms with Crippen LogP contribution in [0.15, 0.2) is 36.4 Å². The van der Waals surface area contributed by atoms with Gasteiger partial charge in [0, 0.05) is 12.7 Å². The largest absolute Gasteiger partial charge is 0.331 e. The molecule has 1 heterocycles. The number of hydrogen-bond acceptors (Lipinski definition) is 4. The van der Waals surface area contributed by atoms with Crippen molar-refractivity contribution in [2.75, 3.05) is 17.4 Å². The summed E-state index contributed by atoms with van der Waals surface area (Å²) in [4.78, 5) is 4.18. The van der Waals surface area contributed by atoms with Gasteiger partial charge in [0.1, 0.15) is 11.2 Å². The molecule has 0 atom stereocenters. The zero-order valence-corrected chi connectivity index (χ0v) is 13.7. The van der Waals surface area contributed by atoms with Gasteiger partial charge in [-0.2, -0.15) is 5.26 Å². The molecule has 0 saturated carbocycles. The van der Waals surface area contributed by atoms with Crippen molar-refractivity contribution in [1.29, 1.82) is 5.26 Å².